The Morgan fingerprint density at radius 3 is 2.40 bits per heavy atom. The predicted octanol–water partition coefficient (Wildman–Crippen LogP) is 1.13. The van der Waals surface area contributed by atoms with Crippen LogP contribution >= 0.6 is 24.3 Å². The fraction of sp³-hybridized carbons (Fsp3) is 1.00. The van der Waals surface area contributed by atoms with Gasteiger partial charge in [-0.2, -0.15) is 0 Å². The number of nitrogens with two attached hydrogens (primary N) is 1. The first kappa shape index (κ1) is 10.8. The third kappa shape index (κ3) is 5.57. The van der Waals surface area contributed by atoms with Crippen LogP contribution in [0.5, 0.6) is 0 Å². The summed E-state index contributed by atoms with van der Waals surface area (Å²) in [6, 6.07) is 0. The van der Waals surface area contributed by atoms with Gasteiger partial charge < -0.3 is 15.5 Å². The van der Waals surface area contributed by atoms with Crippen LogP contribution in [-0.2, 0) is 0 Å². The second-order valence-corrected chi connectivity index (χ2v) is 4.17. The molecule has 0 aliphatic heterocycles. The van der Waals surface area contributed by atoms with E-state index in [1.54, 1.807) is 0 Å². The molecule has 0 fully saturated rings. The van der Waals surface area contributed by atoms with Crippen molar-refractivity contribution in [3.05, 3.63) is 0 Å². The van der Waals surface area contributed by atoms with Crippen molar-refractivity contribution in [2.75, 3.05) is 5.33 Å². The molecule has 0 spiro atoms. The molecule has 5 heteroatoms. The van der Waals surface area contributed by atoms with Crippen LogP contribution in [0, 0.1) is 0 Å². The highest BCUT2D eigenvalue weighted by Crippen LogP contribution is 2.30. The van der Waals surface area contributed by atoms with Crippen molar-refractivity contribution in [3.63, 3.8) is 0 Å². The monoisotopic (exact) mass is 229 g/mol. The lowest BCUT2D eigenvalue weighted by molar-refractivity contribution is 0.457. The molecular formula is C5H13BrNO2P. The first-order chi connectivity index (χ1) is 4.68. The molecule has 0 aromatic rings. The molecule has 0 aliphatic rings. The summed E-state index contributed by atoms with van der Waals surface area (Å²) < 4.78 is 0. The van der Waals surface area contributed by atoms with Gasteiger partial charge in [0.15, 0.2) is 8.38 Å². The first-order valence-corrected chi connectivity index (χ1v) is 5.60. The Labute approximate surface area is 70.7 Å². The van der Waals surface area contributed by atoms with E-state index in [9.17, 15) is 0 Å². The summed E-state index contributed by atoms with van der Waals surface area (Å²) in [5, 5.41) is 0.953. The van der Waals surface area contributed by atoms with Gasteiger partial charge in [0.25, 0.3) is 0 Å². The zero-order valence-corrected chi connectivity index (χ0v) is 8.18. The van der Waals surface area contributed by atoms with Crippen LogP contribution in [0.1, 0.15) is 19.3 Å². The molecule has 0 radical (unpaired) electrons. The summed E-state index contributed by atoms with van der Waals surface area (Å²) in [6.07, 6.45) is 2.69. The van der Waals surface area contributed by atoms with Gasteiger partial charge >= 0.3 is 0 Å². The summed E-state index contributed by atoms with van der Waals surface area (Å²) in [7, 11) is -1.92. The topological polar surface area (TPSA) is 66.5 Å². The number of hydrogen-bond acceptors (Lipinski definition) is 3. The lowest BCUT2D eigenvalue weighted by atomic mass is 10.2. The minimum absolute atomic E-state index is 0.422. The number of alkyl halides is 1. The van der Waals surface area contributed by atoms with E-state index in [1.165, 1.54) is 0 Å². The molecule has 0 aromatic carbocycles. The number of hydrogen-bond donors (Lipinski definition) is 3. The number of halogens is 1. The summed E-state index contributed by atoms with van der Waals surface area (Å²) in [5.41, 5.74) is 5.37. The van der Waals surface area contributed by atoms with Gasteiger partial charge in [0.05, 0.1) is 5.78 Å². The van der Waals surface area contributed by atoms with E-state index in [1.807, 2.05) is 0 Å². The highest BCUT2D eigenvalue weighted by Gasteiger charge is 2.10. The van der Waals surface area contributed by atoms with Gasteiger partial charge in [0.2, 0.25) is 0 Å². The maximum atomic E-state index is 8.60. The summed E-state index contributed by atoms with van der Waals surface area (Å²) in [5.74, 6) is -0.422. The van der Waals surface area contributed by atoms with Crippen LogP contribution in [0.2, 0.25) is 0 Å². The van der Waals surface area contributed by atoms with Gasteiger partial charge in [-0.3, -0.25) is 0 Å². The van der Waals surface area contributed by atoms with E-state index >= 15 is 0 Å². The molecule has 4 N–H and O–H groups in total. The predicted molar refractivity (Wildman–Crippen MR) is 47.0 cm³/mol. The Kier molecular flexibility index (Phi) is 7.01. The third-order valence-corrected chi connectivity index (χ3v) is 2.59. The minimum Gasteiger partial charge on any atom is -0.349 e. The molecule has 1 unspecified atom stereocenters. The highest BCUT2D eigenvalue weighted by atomic mass is 79.9. The second-order valence-electron chi connectivity index (χ2n) is 2.07. The minimum atomic E-state index is -1.92. The smallest absolute Gasteiger partial charge is 0.183 e. The molecule has 0 aliphatic carbocycles. The summed E-state index contributed by atoms with van der Waals surface area (Å²) >= 11 is 3.28. The molecule has 0 saturated carbocycles. The molecule has 1 atom stereocenters. The van der Waals surface area contributed by atoms with Gasteiger partial charge in [-0.25, -0.2) is 0 Å². The first-order valence-electron chi connectivity index (χ1n) is 3.17. The normalized spacial score (nSPS) is 14.1. The zero-order valence-electron chi connectivity index (χ0n) is 5.70. The van der Waals surface area contributed by atoms with E-state index in [2.05, 4.69) is 15.9 Å². The van der Waals surface area contributed by atoms with Crippen LogP contribution in [0.15, 0.2) is 0 Å². The Morgan fingerprint density at radius 2 is 2.00 bits per heavy atom. The molecule has 10 heavy (non-hydrogen) atoms. The number of rotatable bonds is 5. The van der Waals surface area contributed by atoms with Crippen LogP contribution in [-0.4, -0.2) is 20.9 Å². The summed E-state index contributed by atoms with van der Waals surface area (Å²) in [6.45, 7) is 0. The van der Waals surface area contributed by atoms with Crippen LogP contribution < -0.4 is 5.73 Å². The second kappa shape index (κ2) is 6.50. The lowest BCUT2D eigenvalue weighted by Gasteiger charge is -2.10. The van der Waals surface area contributed by atoms with E-state index in [-0.39, 0.29) is 0 Å². The van der Waals surface area contributed by atoms with Gasteiger partial charge in [0.1, 0.15) is 0 Å². The third-order valence-electron chi connectivity index (χ3n) is 1.18. The van der Waals surface area contributed by atoms with E-state index < -0.39 is 14.2 Å². The largest absolute Gasteiger partial charge is 0.349 e. The zero-order chi connectivity index (χ0) is 7.98. The van der Waals surface area contributed by atoms with Crippen molar-refractivity contribution in [3.8, 4) is 0 Å². The average Bonchev–Trinajstić information content (AvgIpc) is 1.88. The molecule has 0 rings (SSSR count). The maximum absolute atomic E-state index is 8.60. The Morgan fingerprint density at radius 1 is 1.40 bits per heavy atom. The van der Waals surface area contributed by atoms with Crippen molar-refractivity contribution in [1.29, 1.82) is 0 Å². The van der Waals surface area contributed by atoms with E-state index in [0.717, 1.165) is 18.2 Å². The van der Waals surface area contributed by atoms with Gasteiger partial charge in [-0.05, 0) is 12.8 Å². The molecule has 0 amide bonds. The van der Waals surface area contributed by atoms with Crippen molar-refractivity contribution in [2.45, 2.75) is 25.0 Å². The van der Waals surface area contributed by atoms with Crippen molar-refractivity contribution >= 4 is 24.3 Å². The van der Waals surface area contributed by atoms with Crippen molar-refractivity contribution in [2.24, 2.45) is 5.73 Å². The Hall–Kier alpha value is 0.790. The van der Waals surface area contributed by atoms with Gasteiger partial charge in [0, 0.05) is 5.33 Å². The fourth-order valence-electron chi connectivity index (χ4n) is 0.563. The summed E-state index contributed by atoms with van der Waals surface area (Å²) in [4.78, 5) is 17.2. The van der Waals surface area contributed by atoms with Gasteiger partial charge in [-0.15, -0.1) is 0 Å². The molecule has 0 bridgehead atoms. The molecule has 0 aromatic heterocycles. The number of unbranched alkanes of at least 4 members (excludes halogenated alkanes) is 1. The van der Waals surface area contributed by atoms with Gasteiger partial charge in [-0.1, -0.05) is 22.4 Å². The highest BCUT2D eigenvalue weighted by molar-refractivity contribution is 9.09. The van der Waals surface area contributed by atoms with E-state index in [4.69, 9.17) is 15.5 Å². The van der Waals surface area contributed by atoms with Crippen LogP contribution in [0.3, 0.4) is 0 Å². The molecular weight excluding hydrogens is 217 g/mol. The fourth-order valence-corrected chi connectivity index (χ4v) is 1.37. The standard InChI is InChI=1S/C5H13BrNO2P/c6-4-2-1-3-5(7)10(8)9/h5,8-9H,1-4,7H2. The molecule has 3 nitrogen and oxygen atoms in total. The maximum Gasteiger partial charge on any atom is 0.183 e. The molecule has 0 saturated heterocycles. The molecule has 0 heterocycles. The lowest BCUT2D eigenvalue weighted by Crippen LogP contribution is -2.16. The quantitative estimate of drug-likeness (QED) is 0.377. The van der Waals surface area contributed by atoms with Crippen LogP contribution in [0.25, 0.3) is 0 Å². The SMILES string of the molecule is NC(CCCCBr)P(O)O. The Bertz CT molecular complexity index is 84.0. The van der Waals surface area contributed by atoms with Crippen LogP contribution in [0.4, 0.5) is 0 Å². The van der Waals surface area contributed by atoms with Crippen molar-refractivity contribution in [1.82, 2.24) is 0 Å². The average molecular weight is 230 g/mol. The molecule has 62 valence electrons. The Balaban J connectivity index is 3.13. The van der Waals surface area contributed by atoms with E-state index in [0.29, 0.717) is 6.42 Å². The van der Waals surface area contributed by atoms with Crippen molar-refractivity contribution < 1.29 is 9.79 Å².